The molecule has 188 valence electrons. The van der Waals surface area contributed by atoms with Crippen LogP contribution in [0, 0.1) is 5.41 Å². The van der Waals surface area contributed by atoms with Crippen molar-refractivity contribution in [1.29, 1.82) is 5.41 Å². The average Bonchev–Trinajstić information content (AvgIpc) is 2.80. The first-order valence-electron chi connectivity index (χ1n) is 10.8. The van der Waals surface area contributed by atoms with Crippen molar-refractivity contribution in [3.05, 3.63) is 71.3 Å². The highest BCUT2D eigenvalue weighted by molar-refractivity contribution is 7.88. The van der Waals surface area contributed by atoms with Crippen molar-refractivity contribution >= 4 is 33.6 Å². The summed E-state index contributed by atoms with van der Waals surface area (Å²) in [4.78, 5) is 36.6. The number of hydrogen-bond acceptors (Lipinski definition) is 6. The molecule has 2 aromatic rings. The molecule has 0 saturated carbocycles. The van der Waals surface area contributed by atoms with Crippen LogP contribution in [0.4, 0.5) is 0 Å². The van der Waals surface area contributed by atoms with E-state index >= 15 is 0 Å². The van der Waals surface area contributed by atoms with Gasteiger partial charge in [0.1, 0.15) is 11.9 Å². The fraction of sp³-hybridized carbons (Fsp3) is 0.304. The number of nitrogen functional groups attached to an aromatic ring is 1. The molecule has 0 aromatic heterocycles. The molecule has 0 saturated heterocycles. The summed E-state index contributed by atoms with van der Waals surface area (Å²) in [7, 11) is -3.83. The number of nitrogens with one attached hydrogen (secondary N) is 4. The third kappa shape index (κ3) is 9.55. The summed E-state index contributed by atoms with van der Waals surface area (Å²) in [5.41, 5.74) is 12.4. The molecule has 35 heavy (non-hydrogen) atoms. The SMILES string of the molecule is CC(NS(=O)(=O)Cc1ccccc1)C(=O)NC(CCC(N)=O)C(=O)NCc1ccc(C(=N)N)cc1. The number of sulfonamides is 1. The fourth-order valence-electron chi connectivity index (χ4n) is 3.12. The Hall–Kier alpha value is -3.77. The number of amidine groups is 1. The van der Waals surface area contributed by atoms with E-state index in [4.69, 9.17) is 16.9 Å². The molecule has 0 bridgehead atoms. The zero-order valence-corrected chi connectivity index (χ0v) is 20.1. The molecule has 3 amide bonds. The van der Waals surface area contributed by atoms with Crippen molar-refractivity contribution in [2.75, 3.05) is 0 Å². The molecule has 0 aliphatic carbocycles. The van der Waals surface area contributed by atoms with Crippen molar-refractivity contribution in [2.24, 2.45) is 11.5 Å². The minimum atomic E-state index is -3.83. The highest BCUT2D eigenvalue weighted by atomic mass is 32.2. The number of amides is 3. The van der Waals surface area contributed by atoms with Gasteiger partial charge in [0.25, 0.3) is 0 Å². The topological polar surface area (TPSA) is 197 Å². The second kappa shape index (κ2) is 12.6. The summed E-state index contributed by atoms with van der Waals surface area (Å²) >= 11 is 0. The molecule has 8 N–H and O–H groups in total. The summed E-state index contributed by atoms with van der Waals surface area (Å²) < 4.78 is 27.1. The Morgan fingerprint density at radius 1 is 0.943 bits per heavy atom. The third-order valence-electron chi connectivity index (χ3n) is 4.99. The molecular formula is C23H30N6O5S. The standard InChI is InChI=1S/C23H30N6O5S/c1-15(29-35(33,34)14-17-5-3-2-4-6-17)22(31)28-19(11-12-20(24)30)23(32)27-13-16-7-9-18(10-8-16)21(25)26/h2-10,15,19,29H,11-14H2,1H3,(H2,24,30)(H3,25,26)(H,27,32)(H,28,31). The van der Waals surface area contributed by atoms with Gasteiger partial charge in [-0.05, 0) is 24.5 Å². The number of nitrogens with two attached hydrogens (primary N) is 2. The first-order chi connectivity index (χ1) is 16.5. The summed E-state index contributed by atoms with van der Waals surface area (Å²) in [6.45, 7) is 1.48. The Labute approximate surface area is 204 Å². The number of hydrogen-bond donors (Lipinski definition) is 6. The van der Waals surface area contributed by atoms with E-state index in [0.29, 0.717) is 11.1 Å². The maximum Gasteiger partial charge on any atom is 0.242 e. The van der Waals surface area contributed by atoms with Gasteiger partial charge in [-0.1, -0.05) is 54.6 Å². The minimum Gasteiger partial charge on any atom is -0.384 e. The number of primary amides is 1. The second-order valence-corrected chi connectivity index (χ2v) is 9.73. The zero-order valence-electron chi connectivity index (χ0n) is 19.3. The highest BCUT2D eigenvalue weighted by Crippen LogP contribution is 2.07. The van der Waals surface area contributed by atoms with Gasteiger partial charge in [0.2, 0.25) is 27.7 Å². The Kier molecular flexibility index (Phi) is 9.91. The molecule has 0 heterocycles. The van der Waals surface area contributed by atoms with Crippen LogP contribution in [0.2, 0.25) is 0 Å². The molecule has 2 rings (SSSR count). The van der Waals surface area contributed by atoms with Gasteiger partial charge in [0.15, 0.2) is 0 Å². The Morgan fingerprint density at radius 3 is 2.14 bits per heavy atom. The van der Waals surface area contributed by atoms with Crippen LogP contribution in [0.3, 0.4) is 0 Å². The van der Waals surface area contributed by atoms with Gasteiger partial charge in [-0.25, -0.2) is 13.1 Å². The van der Waals surface area contributed by atoms with Crippen LogP contribution in [0.15, 0.2) is 54.6 Å². The van der Waals surface area contributed by atoms with Gasteiger partial charge in [0.05, 0.1) is 11.8 Å². The van der Waals surface area contributed by atoms with Crippen LogP contribution in [0.1, 0.15) is 36.5 Å². The molecule has 12 heteroatoms. The summed E-state index contributed by atoms with van der Waals surface area (Å²) in [6, 6.07) is 12.9. The summed E-state index contributed by atoms with van der Waals surface area (Å²) in [5.74, 6) is -2.32. The van der Waals surface area contributed by atoms with Crippen molar-refractivity contribution in [3.63, 3.8) is 0 Å². The average molecular weight is 503 g/mol. The van der Waals surface area contributed by atoms with E-state index in [1.807, 2.05) is 0 Å². The lowest BCUT2D eigenvalue weighted by atomic mass is 10.1. The molecule has 0 fully saturated rings. The Balaban J connectivity index is 1.99. The summed E-state index contributed by atoms with van der Waals surface area (Å²) in [6.07, 6.45) is -0.209. The van der Waals surface area contributed by atoms with E-state index in [1.54, 1.807) is 54.6 Å². The van der Waals surface area contributed by atoms with E-state index in [-0.39, 0.29) is 31.0 Å². The first kappa shape index (κ1) is 27.5. The molecule has 0 aliphatic heterocycles. The monoisotopic (exact) mass is 502 g/mol. The van der Waals surface area contributed by atoms with Crippen molar-refractivity contribution in [3.8, 4) is 0 Å². The van der Waals surface area contributed by atoms with E-state index in [1.165, 1.54) is 6.92 Å². The predicted octanol–water partition coefficient (Wildman–Crippen LogP) is -0.155. The number of benzene rings is 2. The number of carbonyl (C=O) groups excluding carboxylic acids is 3. The largest absolute Gasteiger partial charge is 0.384 e. The summed E-state index contributed by atoms with van der Waals surface area (Å²) in [5, 5.41) is 12.6. The van der Waals surface area contributed by atoms with Gasteiger partial charge in [-0.2, -0.15) is 0 Å². The Morgan fingerprint density at radius 2 is 1.57 bits per heavy atom. The van der Waals surface area contributed by atoms with E-state index in [0.717, 1.165) is 5.56 Å². The molecular weight excluding hydrogens is 472 g/mol. The highest BCUT2D eigenvalue weighted by Gasteiger charge is 2.26. The van der Waals surface area contributed by atoms with Crippen LogP contribution in [-0.4, -0.2) is 44.1 Å². The maximum atomic E-state index is 12.7. The lowest BCUT2D eigenvalue weighted by Gasteiger charge is -2.21. The molecule has 2 atom stereocenters. The fourth-order valence-corrected chi connectivity index (χ4v) is 4.49. The predicted molar refractivity (Wildman–Crippen MR) is 131 cm³/mol. The van der Waals surface area contributed by atoms with Crippen molar-refractivity contribution < 1.29 is 22.8 Å². The quantitative estimate of drug-likeness (QED) is 0.162. The van der Waals surface area contributed by atoms with Crippen molar-refractivity contribution in [2.45, 2.75) is 44.1 Å². The van der Waals surface area contributed by atoms with Gasteiger partial charge in [-0.3, -0.25) is 19.8 Å². The maximum absolute atomic E-state index is 12.7. The normalized spacial score (nSPS) is 12.8. The Bertz CT molecular complexity index is 1150. The van der Waals surface area contributed by atoms with Crippen LogP contribution >= 0.6 is 0 Å². The van der Waals surface area contributed by atoms with Gasteiger partial charge >= 0.3 is 0 Å². The minimum absolute atomic E-state index is 0.0559. The van der Waals surface area contributed by atoms with Gasteiger partial charge < -0.3 is 22.1 Å². The smallest absolute Gasteiger partial charge is 0.242 e. The van der Waals surface area contributed by atoms with Gasteiger partial charge in [0, 0.05) is 18.5 Å². The lowest BCUT2D eigenvalue weighted by molar-refractivity contribution is -0.130. The van der Waals surface area contributed by atoms with Gasteiger partial charge in [-0.15, -0.1) is 0 Å². The number of rotatable bonds is 13. The van der Waals surface area contributed by atoms with Crippen molar-refractivity contribution in [1.82, 2.24) is 15.4 Å². The van der Waals surface area contributed by atoms with Crippen LogP contribution in [-0.2, 0) is 36.7 Å². The first-order valence-corrected chi connectivity index (χ1v) is 12.5. The molecule has 2 aromatic carbocycles. The lowest BCUT2D eigenvalue weighted by Crippen LogP contribution is -2.53. The molecule has 0 spiro atoms. The van der Waals surface area contributed by atoms with E-state index in [2.05, 4.69) is 15.4 Å². The second-order valence-electron chi connectivity index (χ2n) is 7.98. The molecule has 0 radical (unpaired) electrons. The van der Waals surface area contributed by atoms with Crippen LogP contribution in [0.5, 0.6) is 0 Å². The third-order valence-corrected chi connectivity index (χ3v) is 6.42. The van der Waals surface area contributed by atoms with Crippen LogP contribution in [0.25, 0.3) is 0 Å². The van der Waals surface area contributed by atoms with Crippen LogP contribution < -0.4 is 26.8 Å². The van der Waals surface area contributed by atoms with E-state index in [9.17, 15) is 22.8 Å². The zero-order chi connectivity index (χ0) is 26.0. The molecule has 11 nitrogen and oxygen atoms in total. The molecule has 2 unspecified atom stereocenters. The molecule has 0 aliphatic rings. The number of carbonyl (C=O) groups is 3. The van der Waals surface area contributed by atoms with E-state index < -0.39 is 39.8 Å².